The van der Waals surface area contributed by atoms with E-state index in [1.54, 1.807) is 5.01 Å². The van der Waals surface area contributed by atoms with Crippen molar-refractivity contribution in [1.29, 1.82) is 0 Å². The zero-order valence-electron chi connectivity index (χ0n) is 7.73. The minimum atomic E-state index is 0.948. The van der Waals surface area contributed by atoms with Crippen molar-refractivity contribution in [2.45, 2.75) is 6.92 Å². The number of hydrogen-bond acceptors (Lipinski definition) is 3. The van der Waals surface area contributed by atoms with Crippen LogP contribution in [0, 0.1) is 6.67 Å². The van der Waals surface area contributed by atoms with Crippen LogP contribution in [0.25, 0.3) is 0 Å². The summed E-state index contributed by atoms with van der Waals surface area (Å²) >= 11 is 0. The fourth-order valence-electron chi connectivity index (χ4n) is 1.13. The van der Waals surface area contributed by atoms with E-state index in [4.69, 9.17) is 0 Å². The minimum Gasteiger partial charge on any atom is -0.330 e. The van der Waals surface area contributed by atoms with Gasteiger partial charge in [-0.25, -0.2) is 5.01 Å². The maximum atomic E-state index is 4.30. The van der Waals surface area contributed by atoms with Crippen molar-refractivity contribution in [3.05, 3.63) is 37.0 Å². The van der Waals surface area contributed by atoms with E-state index in [2.05, 4.69) is 11.8 Å². The van der Waals surface area contributed by atoms with Crippen molar-refractivity contribution in [2.75, 3.05) is 12.1 Å². The van der Waals surface area contributed by atoms with Crippen LogP contribution in [0.1, 0.15) is 6.92 Å². The van der Waals surface area contributed by atoms with Gasteiger partial charge in [-0.2, -0.15) is 5.10 Å². The Morgan fingerprint density at radius 2 is 1.92 bits per heavy atom. The number of nitrogens with zero attached hydrogens (tertiary/aromatic N) is 3. The highest BCUT2D eigenvalue weighted by Crippen LogP contribution is 2.20. The van der Waals surface area contributed by atoms with Crippen LogP contribution in [0.4, 0.5) is 5.69 Å². The second-order valence-corrected chi connectivity index (χ2v) is 2.95. The van der Waals surface area contributed by atoms with E-state index in [1.165, 1.54) is 0 Å². The predicted octanol–water partition coefficient (Wildman–Crippen LogP) is 1.77. The lowest BCUT2D eigenvalue weighted by atomic mass is 10.3. The summed E-state index contributed by atoms with van der Waals surface area (Å²) in [6.45, 7) is 5.04. The third-order valence-corrected chi connectivity index (χ3v) is 1.98. The van der Waals surface area contributed by atoms with Crippen molar-refractivity contribution in [2.24, 2.45) is 5.10 Å². The van der Waals surface area contributed by atoms with E-state index in [-0.39, 0.29) is 0 Å². The summed E-state index contributed by atoms with van der Waals surface area (Å²) < 4.78 is 0. The molecule has 1 aromatic rings. The molecule has 0 aromatic heterocycles. The molecule has 0 aliphatic carbocycles. The van der Waals surface area contributed by atoms with Gasteiger partial charge in [0.1, 0.15) is 5.84 Å². The fraction of sp³-hybridized carbons (Fsp3) is 0.200. The van der Waals surface area contributed by atoms with Crippen LogP contribution in [0.2, 0.25) is 0 Å². The molecule has 1 aliphatic heterocycles. The first kappa shape index (κ1) is 8.10. The molecule has 0 saturated heterocycles. The van der Waals surface area contributed by atoms with Crippen LogP contribution in [-0.2, 0) is 0 Å². The van der Waals surface area contributed by atoms with E-state index in [0.29, 0.717) is 0 Å². The highest BCUT2D eigenvalue weighted by Gasteiger charge is 2.18. The molecule has 66 valence electrons. The first-order valence-electron chi connectivity index (χ1n) is 4.18. The lowest BCUT2D eigenvalue weighted by Gasteiger charge is -2.12. The largest absolute Gasteiger partial charge is 0.330 e. The Bertz CT molecular complexity index is 318. The summed E-state index contributed by atoms with van der Waals surface area (Å²) in [6.07, 6.45) is 0. The first-order chi connectivity index (χ1) is 6.27. The molecule has 0 fully saturated rings. The first-order valence-corrected chi connectivity index (χ1v) is 4.18. The molecule has 0 atom stereocenters. The Kier molecular flexibility index (Phi) is 1.93. The second kappa shape index (κ2) is 3.09. The zero-order valence-corrected chi connectivity index (χ0v) is 7.73. The van der Waals surface area contributed by atoms with Crippen LogP contribution in [-0.4, -0.2) is 17.8 Å². The van der Waals surface area contributed by atoms with Crippen molar-refractivity contribution >= 4 is 11.5 Å². The van der Waals surface area contributed by atoms with Gasteiger partial charge >= 0.3 is 0 Å². The van der Waals surface area contributed by atoms with Crippen molar-refractivity contribution in [3.63, 3.8) is 0 Å². The molecule has 2 radical (unpaired) electrons. The molecule has 13 heavy (non-hydrogen) atoms. The summed E-state index contributed by atoms with van der Waals surface area (Å²) in [5, 5.41) is 6.05. The molecule has 1 aliphatic rings. The average Bonchev–Trinajstić information content (AvgIpc) is 2.49. The highest BCUT2D eigenvalue weighted by atomic mass is 15.6. The molecule has 3 heteroatoms. The van der Waals surface area contributed by atoms with Gasteiger partial charge in [0.15, 0.2) is 0 Å². The topological polar surface area (TPSA) is 18.8 Å². The molecular weight excluding hydrogens is 162 g/mol. The Morgan fingerprint density at radius 1 is 1.23 bits per heavy atom. The number of hydrazone groups is 1. The Morgan fingerprint density at radius 3 is 2.46 bits per heavy atom. The van der Waals surface area contributed by atoms with Gasteiger partial charge < -0.3 is 4.90 Å². The summed E-state index contributed by atoms with van der Waals surface area (Å²) in [5.74, 6) is 0.948. The monoisotopic (exact) mass is 173 g/mol. The van der Waals surface area contributed by atoms with Crippen LogP contribution >= 0.6 is 0 Å². The summed E-state index contributed by atoms with van der Waals surface area (Å²) in [4.78, 5) is 1.87. The molecule has 0 N–H and O–H groups in total. The number of amidine groups is 1. The van der Waals surface area contributed by atoms with Gasteiger partial charge in [0, 0.05) is 7.05 Å². The Balaban J connectivity index is 2.22. The van der Waals surface area contributed by atoms with Crippen molar-refractivity contribution in [3.8, 4) is 0 Å². The van der Waals surface area contributed by atoms with Gasteiger partial charge in [-0.05, 0) is 19.1 Å². The predicted molar refractivity (Wildman–Crippen MR) is 53.0 cm³/mol. The van der Waals surface area contributed by atoms with E-state index in [0.717, 1.165) is 11.5 Å². The Hall–Kier alpha value is -1.51. The van der Waals surface area contributed by atoms with Crippen molar-refractivity contribution in [1.82, 2.24) is 4.90 Å². The van der Waals surface area contributed by atoms with Gasteiger partial charge in [-0.3, -0.25) is 0 Å². The third-order valence-electron chi connectivity index (χ3n) is 1.98. The molecule has 0 saturated carbocycles. The number of benzene rings is 1. The molecule has 0 unspecified atom stereocenters. The maximum Gasteiger partial charge on any atom is 0.232 e. The maximum absolute atomic E-state index is 4.30. The van der Waals surface area contributed by atoms with Crippen LogP contribution < -0.4 is 5.01 Å². The van der Waals surface area contributed by atoms with Crippen LogP contribution in [0.5, 0.6) is 0 Å². The van der Waals surface area contributed by atoms with Gasteiger partial charge in [0.25, 0.3) is 0 Å². The number of anilines is 1. The third kappa shape index (κ3) is 1.49. The standard InChI is InChI=1S/C10H11N3/c1-9-11-13(8-12(9)2)10-6-4-3-5-7-10/h3-7H,1-2H3. The second-order valence-electron chi connectivity index (χ2n) is 2.95. The number of hydrogen-bond donors (Lipinski definition) is 0. The van der Waals surface area contributed by atoms with Gasteiger partial charge in [0.05, 0.1) is 5.69 Å². The van der Waals surface area contributed by atoms with Crippen LogP contribution in [0.3, 0.4) is 0 Å². The molecule has 1 aromatic carbocycles. The summed E-state index contributed by atoms with van der Waals surface area (Å²) in [6, 6.07) is 9.96. The Labute approximate surface area is 78.3 Å². The lowest BCUT2D eigenvalue weighted by Crippen LogP contribution is -2.19. The molecule has 2 rings (SSSR count). The van der Waals surface area contributed by atoms with E-state index < -0.39 is 0 Å². The zero-order chi connectivity index (χ0) is 9.26. The number of para-hydroxylation sites is 1. The average molecular weight is 173 g/mol. The molecule has 0 bridgehead atoms. The molecule has 0 spiro atoms. The van der Waals surface area contributed by atoms with E-state index in [9.17, 15) is 0 Å². The van der Waals surface area contributed by atoms with Gasteiger partial charge in [0.2, 0.25) is 6.67 Å². The van der Waals surface area contributed by atoms with Gasteiger partial charge in [-0.1, -0.05) is 18.2 Å². The fourth-order valence-corrected chi connectivity index (χ4v) is 1.13. The molecular formula is C10H11N3. The lowest BCUT2D eigenvalue weighted by molar-refractivity contribution is 0.624. The summed E-state index contributed by atoms with van der Waals surface area (Å²) in [7, 11) is 1.93. The quantitative estimate of drug-likeness (QED) is 0.644. The molecule has 0 amide bonds. The minimum absolute atomic E-state index is 0.948. The molecule has 1 heterocycles. The van der Waals surface area contributed by atoms with E-state index in [1.807, 2.05) is 49.2 Å². The SMILES string of the molecule is CC1=NN(c2ccccc2)[C]N1C. The number of rotatable bonds is 1. The normalized spacial score (nSPS) is 16.3. The smallest absolute Gasteiger partial charge is 0.232 e. The molecule has 3 nitrogen and oxygen atoms in total. The summed E-state index contributed by atoms with van der Waals surface area (Å²) in [5.41, 5.74) is 1.03. The van der Waals surface area contributed by atoms with Crippen molar-refractivity contribution < 1.29 is 0 Å². The van der Waals surface area contributed by atoms with Gasteiger partial charge in [-0.15, -0.1) is 0 Å². The highest BCUT2D eigenvalue weighted by molar-refractivity contribution is 5.84. The van der Waals surface area contributed by atoms with E-state index >= 15 is 0 Å². The van der Waals surface area contributed by atoms with Crippen LogP contribution in [0.15, 0.2) is 35.4 Å².